The largest absolute Gasteiger partial charge is 0.395 e. The minimum absolute atomic E-state index is 0.229. The Bertz CT molecular complexity index is 173. The Morgan fingerprint density at radius 2 is 1.69 bits per heavy atom. The maximum atomic E-state index is 8.87. The van der Waals surface area contributed by atoms with Gasteiger partial charge in [0.05, 0.1) is 6.61 Å². The molecule has 1 rings (SSSR count). The van der Waals surface area contributed by atoms with Crippen LogP contribution in [0.3, 0.4) is 0 Å². The Balaban J connectivity index is 2.34. The Kier molecular flexibility index (Phi) is 2.75. The molecule has 0 aromatic rings. The Hall–Kier alpha value is -0.0800. The molecule has 0 aromatic heterocycles. The van der Waals surface area contributed by atoms with Crippen LogP contribution in [0.15, 0.2) is 0 Å². The van der Waals surface area contributed by atoms with Crippen molar-refractivity contribution in [3.8, 4) is 0 Å². The summed E-state index contributed by atoms with van der Waals surface area (Å²) in [5, 5.41) is 12.2. The summed E-state index contributed by atoms with van der Waals surface area (Å²) in [7, 11) is 0. The van der Waals surface area contributed by atoms with Gasteiger partial charge in [0.25, 0.3) is 0 Å². The van der Waals surface area contributed by atoms with Gasteiger partial charge in [0.1, 0.15) is 0 Å². The molecule has 0 heterocycles. The van der Waals surface area contributed by atoms with Crippen LogP contribution in [-0.2, 0) is 0 Å². The van der Waals surface area contributed by atoms with E-state index in [1.165, 1.54) is 0 Å². The lowest BCUT2D eigenvalue weighted by Gasteiger charge is -2.11. The van der Waals surface area contributed by atoms with Gasteiger partial charge < -0.3 is 10.4 Å². The molecule has 2 nitrogen and oxygen atoms in total. The molecular formula is C11H23NO. The summed E-state index contributed by atoms with van der Waals surface area (Å²) in [5.74, 6) is 0.744. The third-order valence-electron chi connectivity index (χ3n) is 4.26. The number of nitrogens with one attached hydrogen (secondary N) is 1. The van der Waals surface area contributed by atoms with Crippen LogP contribution < -0.4 is 5.32 Å². The fraction of sp³-hybridized carbons (Fsp3) is 1.00. The van der Waals surface area contributed by atoms with E-state index in [1.54, 1.807) is 0 Å². The summed E-state index contributed by atoms with van der Waals surface area (Å²) in [6.45, 7) is 12.6. The van der Waals surface area contributed by atoms with Crippen molar-refractivity contribution in [2.75, 3.05) is 13.2 Å². The molecular weight excluding hydrogens is 162 g/mol. The first-order valence-corrected chi connectivity index (χ1v) is 5.18. The Morgan fingerprint density at radius 3 is 2.00 bits per heavy atom. The van der Waals surface area contributed by atoms with Gasteiger partial charge in [-0.1, -0.05) is 27.7 Å². The lowest BCUT2D eigenvalue weighted by molar-refractivity contribution is 0.248. The highest BCUT2D eigenvalue weighted by Crippen LogP contribution is 2.67. The van der Waals surface area contributed by atoms with Crippen molar-refractivity contribution in [3.63, 3.8) is 0 Å². The first kappa shape index (κ1) is 11.0. The van der Waals surface area contributed by atoms with Crippen molar-refractivity contribution >= 4 is 0 Å². The maximum Gasteiger partial charge on any atom is 0.0581 e. The van der Waals surface area contributed by atoms with Gasteiger partial charge in [-0.05, 0) is 30.2 Å². The second kappa shape index (κ2) is 3.25. The van der Waals surface area contributed by atoms with Gasteiger partial charge in [0, 0.05) is 6.04 Å². The first-order chi connectivity index (χ1) is 5.84. The SMILES string of the molecule is CC(CO)NCC1C(C)(C)C1(C)C. The van der Waals surface area contributed by atoms with E-state index in [0.717, 1.165) is 12.5 Å². The van der Waals surface area contributed by atoms with Crippen molar-refractivity contribution in [2.24, 2.45) is 16.7 Å². The van der Waals surface area contributed by atoms with Crippen molar-refractivity contribution in [1.29, 1.82) is 0 Å². The number of hydrogen-bond donors (Lipinski definition) is 2. The number of aliphatic hydroxyl groups excluding tert-OH is 1. The molecule has 2 N–H and O–H groups in total. The molecule has 0 radical (unpaired) electrons. The minimum atomic E-state index is 0.229. The highest BCUT2D eigenvalue weighted by molar-refractivity contribution is 5.12. The maximum absolute atomic E-state index is 8.87. The van der Waals surface area contributed by atoms with E-state index in [1.807, 2.05) is 6.92 Å². The fourth-order valence-electron chi connectivity index (χ4n) is 2.23. The molecule has 0 amide bonds. The summed E-state index contributed by atoms with van der Waals surface area (Å²) in [6, 6.07) is 0.229. The number of aliphatic hydroxyl groups is 1. The molecule has 1 aliphatic carbocycles. The highest BCUT2D eigenvalue weighted by atomic mass is 16.3. The zero-order chi connectivity index (χ0) is 10.3. The lowest BCUT2D eigenvalue weighted by atomic mass is 10.0. The molecule has 0 aromatic carbocycles. The number of hydrogen-bond acceptors (Lipinski definition) is 2. The quantitative estimate of drug-likeness (QED) is 0.698. The molecule has 0 bridgehead atoms. The fourth-order valence-corrected chi connectivity index (χ4v) is 2.23. The van der Waals surface area contributed by atoms with E-state index < -0.39 is 0 Å². The molecule has 1 saturated carbocycles. The van der Waals surface area contributed by atoms with E-state index in [2.05, 4.69) is 33.0 Å². The van der Waals surface area contributed by atoms with Crippen LogP contribution in [0.1, 0.15) is 34.6 Å². The van der Waals surface area contributed by atoms with Gasteiger partial charge in [-0.3, -0.25) is 0 Å². The van der Waals surface area contributed by atoms with Gasteiger partial charge in [-0.15, -0.1) is 0 Å². The Morgan fingerprint density at radius 1 is 1.23 bits per heavy atom. The van der Waals surface area contributed by atoms with Crippen LogP contribution in [0.25, 0.3) is 0 Å². The molecule has 1 atom stereocenters. The van der Waals surface area contributed by atoms with Gasteiger partial charge in [-0.25, -0.2) is 0 Å². The molecule has 78 valence electrons. The third-order valence-corrected chi connectivity index (χ3v) is 4.26. The van der Waals surface area contributed by atoms with Crippen LogP contribution in [0.5, 0.6) is 0 Å². The second-order valence-electron chi connectivity index (χ2n) is 5.49. The average Bonchev–Trinajstić information content (AvgIpc) is 2.40. The average molecular weight is 185 g/mol. The monoisotopic (exact) mass is 185 g/mol. The van der Waals surface area contributed by atoms with Gasteiger partial charge >= 0.3 is 0 Å². The van der Waals surface area contributed by atoms with Crippen LogP contribution >= 0.6 is 0 Å². The smallest absolute Gasteiger partial charge is 0.0581 e. The van der Waals surface area contributed by atoms with Crippen molar-refractivity contribution < 1.29 is 5.11 Å². The normalized spacial score (nSPS) is 27.2. The van der Waals surface area contributed by atoms with Crippen LogP contribution in [0.4, 0.5) is 0 Å². The zero-order valence-corrected chi connectivity index (χ0v) is 9.52. The third kappa shape index (κ3) is 1.75. The molecule has 2 heteroatoms. The van der Waals surface area contributed by atoms with Crippen LogP contribution in [-0.4, -0.2) is 24.3 Å². The number of rotatable bonds is 4. The molecule has 0 spiro atoms. The topological polar surface area (TPSA) is 32.3 Å². The first-order valence-electron chi connectivity index (χ1n) is 5.18. The zero-order valence-electron chi connectivity index (χ0n) is 9.52. The van der Waals surface area contributed by atoms with Gasteiger partial charge in [0.15, 0.2) is 0 Å². The lowest BCUT2D eigenvalue weighted by Crippen LogP contribution is -2.32. The molecule has 1 unspecified atom stereocenters. The van der Waals surface area contributed by atoms with E-state index in [9.17, 15) is 0 Å². The molecule has 1 aliphatic rings. The van der Waals surface area contributed by atoms with E-state index in [4.69, 9.17) is 5.11 Å². The molecule has 0 saturated heterocycles. The van der Waals surface area contributed by atoms with Crippen molar-refractivity contribution in [1.82, 2.24) is 5.32 Å². The van der Waals surface area contributed by atoms with Gasteiger partial charge in [0.2, 0.25) is 0 Å². The summed E-state index contributed by atoms with van der Waals surface area (Å²) >= 11 is 0. The van der Waals surface area contributed by atoms with Crippen molar-refractivity contribution in [2.45, 2.75) is 40.7 Å². The second-order valence-corrected chi connectivity index (χ2v) is 5.49. The Labute approximate surface area is 81.7 Å². The predicted octanol–water partition coefficient (Wildman–Crippen LogP) is 1.64. The molecule has 1 fully saturated rings. The standard InChI is InChI=1S/C11H23NO/c1-8(7-13)12-6-9-10(2,3)11(9,4)5/h8-9,12-13H,6-7H2,1-5H3. The van der Waals surface area contributed by atoms with Crippen LogP contribution in [0, 0.1) is 16.7 Å². The van der Waals surface area contributed by atoms with E-state index in [-0.39, 0.29) is 12.6 Å². The molecule has 0 aliphatic heterocycles. The molecule has 13 heavy (non-hydrogen) atoms. The van der Waals surface area contributed by atoms with Crippen molar-refractivity contribution in [3.05, 3.63) is 0 Å². The summed E-state index contributed by atoms with van der Waals surface area (Å²) in [6.07, 6.45) is 0. The van der Waals surface area contributed by atoms with E-state index in [0.29, 0.717) is 10.8 Å². The predicted molar refractivity (Wildman–Crippen MR) is 55.6 cm³/mol. The highest BCUT2D eigenvalue weighted by Gasteiger charge is 2.63. The van der Waals surface area contributed by atoms with E-state index >= 15 is 0 Å². The summed E-state index contributed by atoms with van der Waals surface area (Å²) < 4.78 is 0. The van der Waals surface area contributed by atoms with Crippen LogP contribution in [0.2, 0.25) is 0 Å². The summed E-state index contributed by atoms with van der Waals surface area (Å²) in [5.41, 5.74) is 0.907. The summed E-state index contributed by atoms with van der Waals surface area (Å²) in [4.78, 5) is 0. The minimum Gasteiger partial charge on any atom is -0.395 e. The van der Waals surface area contributed by atoms with Gasteiger partial charge in [-0.2, -0.15) is 0 Å².